The molecule has 0 atom stereocenters. The molecule has 1 aliphatic heterocycles. The van der Waals surface area contributed by atoms with Gasteiger partial charge in [0.15, 0.2) is 5.75 Å². The maximum absolute atomic E-state index is 13.9. The first kappa shape index (κ1) is 20.5. The predicted molar refractivity (Wildman–Crippen MR) is 102 cm³/mol. The number of hydrogen-bond donors (Lipinski definition) is 0. The van der Waals surface area contributed by atoms with Gasteiger partial charge in [0.2, 0.25) is 0 Å². The largest absolute Gasteiger partial charge is 0.364 e. The molecule has 29 heavy (non-hydrogen) atoms. The van der Waals surface area contributed by atoms with Gasteiger partial charge < -0.3 is 4.90 Å². The summed E-state index contributed by atoms with van der Waals surface area (Å²) in [5.74, 6) is -2.31. The molecule has 0 saturated carbocycles. The van der Waals surface area contributed by atoms with Crippen LogP contribution in [0.3, 0.4) is 0 Å². The monoisotopic (exact) mass is 401 g/mol. The fourth-order valence-corrected chi connectivity index (χ4v) is 3.05. The minimum atomic E-state index is -0.953. The Kier molecular flexibility index (Phi) is 5.96. The first-order valence-electron chi connectivity index (χ1n) is 9.17. The zero-order valence-corrected chi connectivity index (χ0v) is 16.2. The molecule has 0 aliphatic carbocycles. The van der Waals surface area contributed by atoms with Gasteiger partial charge in [-0.05, 0) is 44.5 Å². The summed E-state index contributed by atoms with van der Waals surface area (Å²) < 4.78 is 26.9. The van der Waals surface area contributed by atoms with Gasteiger partial charge in [-0.1, -0.05) is 29.8 Å². The molecule has 0 unspecified atom stereocenters. The lowest BCUT2D eigenvalue weighted by Crippen LogP contribution is -2.39. The van der Waals surface area contributed by atoms with E-state index in [1.165, 1.54) is 4.90 Å². The minimum absolute atomic E-state index is 0.182. The van der Waals surface area contributed by atoms with Crippen molar-refractivity contribution in [3.63, 3.8) is 0 Å². The van der Waals surface area contributed by atoms with Crippen molar-refractivity contribution in [3.05, 3.63) is 77.4 Å². The van der Waals surface area contributed by atoms with Gasteiger partial charge in [0, 0.05) is 19.2 Å². The second-order valence-electron chi connectivity index (χ2n) is 7.25. The van der Waals surface area contributed by atoms with Crippen LogP contribution >= 0.6 is 0 Å². The van der Waals surface area contributed by atoms with Gasteiger partial charge in [-0.15, -0.1) is 0 Å². The number of nitrogens with zero attached hydrogens (tertiary/aromatic N) is 1. The first-order valence-corrected chi connectivity index (χ1v) is 9.17. The average molecular weight is 401 g/mol. The average Bonchev–Trinajstić information content (AvgIpc) is 2.72. The maximum Gasteiger partial charge on any atom is 0.364 e. The van der Waals surface area contributed by atoms with Crippen LogP contribution in [0.4, 0.5) is 8.78 Å². The Bertz CT molecular complexity index is 941. The highest BCUT2D eigenvalue weighted by Crippen LogP contribution is 2.33. The van der Waals surface area contributed by atoms with E-state index in [1.54, 1.807) is 44.2 Å². The predicted octanol–water partition coefficient (Wildman–Crippen LogP) is 4.30. The first-order chi connectivity index (χ1) is 13.8. The van der Waals surface area contributed by atoms with E-state index in [1.807, 2.05) is 6.07 Å². The van der Waals surface area contributed by atoms with E-state index in [0.29, 0.717) is 24.8 Å². The van der Waals surface area contributed by atoms with Crippen LogP contribution in [0.15, 0.2) is 60.2 Å². The van der Waals surface area contributed by atoms with Gasteiger partial charge in [-0.25, -0.2) is 18.5 Å². The number of amides is 1. The van der Waals surface area contributed by atoms with Crippen LogP contribution in [0, 0.1) is 17.0 Å². The number of halogens is 2. The van der Waals surface area contributed by atoms with E-state index in [-0.39, 0.29) is 12.1 Å². The van der Waals surface area contributed by atoms with E-state index in [2.05, 4.69) is 0 Å². The number of rotatable bonds is 5. The second-order valence-corrected chi connectivity index (χ2v) is 7.25. The number of carbonyl (C=O) groups excluding carboxylic acids is 2. The van der Waals surface area contributed by atoms with E-state index in [0.717, 1.165) is 17.7 Å². The Balaban J connectivity index is 1.64. The molecule has 3 rings (SSSR count). The fraction of sp³-hybridized carbons (Fsp3) is 0.273. The van der Waals surface area contributed by atoms with E-state index >= 15 is 0 Å². The van der Waals surface area contributed by atoms with Crippen LogP contribution in [0.5, 0.6) is 5.75 Å². The van der Waals surface area contributed by atoms with Gasteiger partial charge in [0.25, 0.3) is 5.91 Å². The molecule has 0 N–H and O–H groups in total. The van der Waals surface area contributed by atoms with Crippen LogP contribution in [0.25, 0.3) is 0 Å². The molecule has 5 nitrogen and oxygen atoms in total. The minimum Gasteiger partial charge on any atom is -0.335 e. The third kappa shape index (κ3) is 4.62. The van der Waals surface area contributed by atoms with Crippen LogP contribution in [-0.4, -0.2) is 29.9 Å². The van der Waals surface area contributed by atoms with Gasteiger partial charge >= 0.3 is 5.97 Å². The van der Waals surface area contributed by atoms with Crippen LogP contribution in [0.1, 0.15) is 30.6 Å². The molecule has 0 bridgehead atoms. The summed E-state index contributed by atoms with van der Waals surface area (Å²) in [6.07, 6.45) is 2.18. The molecular formula is C22H21F2NO4. The third-order valence-corrected chi connectivity index (χ3v) is 4.93. The Hall–Kier alpha value is -3.22. The smallest absolute Gasteiger partial charge is 0.335 e. The van der Waals surface area contributed by atoms with Gasteiger partial charge in [-0.2, -0.15) is 0 Å². The lowest BCUT2D eigenvalue weighted by Gasteiger charge is -2.32. The van der Waals surface area contributed by atoms with Crippen molar-refractivity contribution in [2.75, 3.05) is 13.1 Å². The Morgan fingerprint density at radius 1 is 1.07 bits per heavy atom. The van der Waals surface area contributed by atoms with Crippen molar-refractivity contribution in [1.29, 1.82) is 0 Å². The zero-order valence-electron chi connectivity index (χ0n) is 16.2. The molecule has 152 valence electrons. The summed E-state index contributed by atoms with van der Waals surface area (Å²) in [6, 6.07) is 11.5. The summed E-state index contributed by atoms with van der Waals surface area (Å²) in [5, 5.41) is 0. The van der Waals surface area contributed by atoms with Crippen molar-refractivity contribution >= 4 is 11.9 Å². The number of carbonyl (C=O) groups is 2. The zero-order chi connectivity index (χ0) is 21.0. The van der Waals surface area contributed by atoms with Crippen LogP contribution < -0.4 is 4.89 Å². The standard InChI is InChI=1S/C22H21F2NO4/c1-22(2,21(27)29-28-17-6-4-3-5-7-17)15-10-12-25(13-11-15)20(26)18-9-8-16(23)14-19(18)24/h3-10,14H,11-13H2,1-2H3. The summed E-state index contributed by atoms with van der Waals surface area (Å²) >= 11 is 0. The Morgan fingerprint density at radius 3 is 2.41 bits per heavy atom. The maximum atomic E-state index is 13.9. The molecule has 7 heteroatoms. The molecule has 0 fully saturated rings. The lowest BCUT2D eigenvalue weighted by molar-refractivity contribution is -0.222. The van der Waals surface area contributed by atoms with E-state index in [9.17, 15) is 18.4 Å². The summed E-state index contributed by atoms with van der Waals surface area (Å²) in [7, 11) is 0. The van der Waals surface area contributed by atoms with E-state index < -0.39 is 28.9 Å². The topological polar surface area (TPSA) is 55.8 Å². The Morgan fingerprint density at radius 2 is 1.79 bits per heavy atom. The van der Waals surface area contributed by atoms with Crippen molar-refractivity contribution < 1.29 is 28.1 Å². The molecule has 0 aromatic heterocycles. The molecule has 2 aromatic rings. The lowest BCUT2D eigenvalue weighted by atomic mass is 9.81. The molecule has 0 spiro atoms. The molecule has 0 saturated heterocycles. The molecule has 2 aromatic carbocycles. The van der Waals surface area contributed by atoms with Crippen molar-refractivity contribution in [3.8, 4) is 5.75 Å². The Labute approximate surface area is 167 Å². The summed E-state index contributed by atoms with van der Waals surface area (Å²) in [4.78, 5) is 36.5. The van der Waals surface area contributed by atoms with Gasteiger partial charge in [0.05, 0.1) is 11.0 Å². The van der Waals surface area contributed by atoms with E-state index in [4.69, 9.17) is 9.78 Å². The molecule has 1 heterocycles. The summed E-state index contributed by atoms with van der Waals surface area (Å²) in [5.41, 5.74) is -0.341. The normalized spacial score (nSPS) is 14.2. The molecule has 0 radical (unpaired) electrons. The highest BCUT2D eigenvalue weighted by molar-refractivity contribution is 5.94. The molecule has 1 aliphatic rings. The van der Waals surface area contributed by atoms with Crippen LogP contribution in [-0.2, 0) is 9.68 Å². The number of hydrogen-bond acceptors (Lipinski definition) is 4. The fourth-order valence-electron chi connectivity index (χ4n) is 3.05. The van der Waals surface area contributed by atoms with Crippen LogP contribution in [0.2, 0.25) is 0 Å². The van der Waals surface area contributed by atoms with Crippen molar-refractivity contribution in [2.24, 2.45) is 5.41 Å². The molecule has 1 amide bonds. The van der Waals surface area contributed by atoms with Crippen molar-refractivity contribution in [2.45, 2.75) is 20.3 Å². The SMILES string of the molecule is CC(C)(C(=O)OOc1ccccc1)C1=CCN(C(=O)c2ccc(F)cc2F)CC1. The molecular weight excluding hydrogens is 380 g/mol. The quantitative estimate of drug-likeness (QED) is 0.426. The highest BCUT2D eigenvalue weighted by Gasteiger charge is 2.37. The second kappa shape index (κ2) is 8.43. The highest BCUT2D eigenvalue weighted by atomic mass is 19.1. The van der Waals surface area contributed by atoms with Gasteiger partial charge in [-0.3, -0.25) is 9.68 Å². The van der Waals surface area contributed by atoms with Crippen molar-refractivity contribution in [1.82, 2.24) is 4.90 Å². The number of para-hydroxylation sites is 1. The summed E-state index contributed by atoms with van der Waals surface area (Å²) in [6.45, 7) is 3.94. The third-order valence-electron chi connectivity index (χ3n) is 4.93. The number of benzene rings is 2. The van der Waals surface area contributed by atoms with Gasteiger partial charge in [0.1, 0.15) is 11.6 Å².